The molecule has 0 unspecified atom stereocenters. The molecule has 0 saturated heterocycles. The summed E-state index contributed by atoms with van der Waals surface area (Å²) < 4.78 is 8.70. The molecule has 0 N–H and O–H groups in total. The van der Waals surface area contributed by atoms with Crippen LogP contribution in [0.1, 0.15) is 0 Å². The molecular formula is C51H29N3OS. The molecule has 3 aromatic heterocycles. The van der Waals surface area contributed by atoms with Crippen LogP contribution >= 0.6 is 11.3 Å². The molecule has 4 nitrogen and oxygen atoms in total. The molecule has 0 spiro atoms. The van der Waals surface area contributed by atoms with Gasteiger partial charge in [-0.05, 0) is 79.8 Å². The molecule has 9 aromatic carbocycles. The predicted octanol–water partition coefficient (Wildman–Crippen LogP) is 14.3. The first kappa shape index (κ1) is 31.2. The molecule has 0 atom stereocenters. The molecule has 0 bridgehead atoms. The van der Waals surface area contributed by atoms with Crippen LogP contribution in [0.15, 0.2) is 180 Å². The van der Waals surface area contributed by atoms with Crippen molar-refractivity contribution < 1.29 is 4.42 Å². The quantitative estimate of drug-likeness (QED) is 0.169. The molecule has 0 saturated carbocycles. The van der Waals surface area contributed by atoms with Gasteiger partial charge in [0.05, 0.1) is 0 Å². The van der Waals surface area contributed by atoms with Crippen molar-refractivity contribution in [3.05, 3.63) is 176 Å². The van der Waals surface area contributed by atoms with E-state index in [1.165, 1.54) is 58.2 Å². The smallest absolute Gasteiger partial charge is 0.164 e. The molecule has 12 rings (SSSR count). The number of nitrogens with zero attached hydrogens (tertiary/aromatic N) is 3. The fraction of sp³-hybridized carbons (Fsp3) is 0. The van der Waals surface area contributed by atoms with Gasteiger partial charge in [0, 0.05) is 47.6 Å². The Hall–Kier alpha value is -7.21. The van der Waals surface area contributed by atoms with E-state index in [0.29, 0.717) is 17.5 Å². The van der Waals surface area contributed by atoms with E-state index in [0.717, 1.165) is 44.0 Å². The maximum atomic E-state index is 6.28. The molecule has 0 aliphatic rings. The number of para-hydroxylation sites is 1. The lowest BCUT2D eigenvalue weighted by Crippen LogP contribution is -2.00. The molecule has 0 amide bonds. The predicted molar refractivity (Wildman–Crippen MR) is 234 cm³/mol. The van der Waals surface area contributed by atoms with Crippen molar-refractivity contribution in [3.63, 3.8) is 0 Å². The van der Waals surface area contributed by atoms with Crippen LogP contribution in [0.3, 0.4) is 0 Å². The molecule has 3 heterocycles. The lowest BCUT2D eigenvalue weighted by molar-refractivity contribution is 0.669. The van der Waals surface area contributed by atoms with E-state index in [4.69, 9.17) is 19.4 Å². The van der Waals surface area contributed by atoms with Crippen LogP contribution in [0.4, 0.5) is 0 Å². The average molecular weight is 732 g/mol. The molecule has 56 heavy (non-hydrogen) atoms. The normalized spacial score (nSPS) is 11.9. The summed E-state index contributed by atoms with van der Waals surface area (Å²) in [6.45, 7) is 0. The standard InChI is InChI=1S/C51H29N3OS/c1-2-12-30(13-3-1)49-52-50(39-19-10-22-44-47(39)38-18-8-9-21-43(38)55-44)54-51(53-49)40-20-11-23-46-48(40)42-29-32(25-27-45(42)56-46)31-24-26-37-35-16-5-4-14-33(35)34-15-6-7-17-36(34)41(37)28-31/h1-29H. The minimum Gasteiger partial charge on any atom is -0.456 e. The Labute approximate surface area is 325 Å². The van der Waals surface area contributed by atoms with Gasteiger partial charge < -0.3 is 4.42 Å². The van der Waals surface area contributed by atoms with Gasteiger partial charge in [0.15, 0.2) is 17.5 Å². The highest BCUT2D eigenvalue weighted by molar-refractivity contribution is 7.26. The molecule has 0 aliphatic heterocycles. The van der Waals surface area contributed by atoms with Gasteiger partial charge in [0.1, 0.15) is 11.2 Å². The largest absolute Gasteiger partial charge is 0.456 e. The Kier molecular flexibility index (Phi) is 6.76. The van der Waals surface area contributed by atoms with E-state index in [1.807, 2.05) is 48.5 Å². The fourth-order valence-corrected chi connectivity index (χ4v) is 9.69. The average Bonchev–Trinajstić information content (AvgIpc) is 3.85. The van der Waals surface area contributed by atoms with E-state index in [1.54, 1.807) is 11.3 Å². The topological polar surface area (TPSA) is 51.8 Å². The Morgan fingerprint density at radius 3 is 1.59 bits per heavy atom. The maximum absolute atomic E-state index is 6.28. The van der Waals surface area contributed by atoms with E-state index in [9.17, 15) is 0 Å². The summed E-state index contributed by atoms with van der Waals surface area (Å²) >= 11 is 1.80. The van der Waals surface area contributed by atoms with Crippen LogP contribution in [0.25, 0.3) is 120 Å². The van der Waals surface area contributed by atoms with Crippen LogP contribution in [0.2, 0.25) is 0 Å². The minimum absolute atomic E-state index is 0.610. The van der Waals surface area contributed by atoms with Crippen LogP contribution in [0.5, 0.6) is 0 Å². The van der Waals surface area contributed by atoms with Crippen molar-refractivity contribution in [1.82, 2.24) is 15.0 Å². The van der Waals surface area contributed by atoms with Gasteiger partial charge in [-0.1, -0.05) is 140 Å². The zero-order chi connectivity index (χ0) is 36.7. The van der Waals surface area contributed by atoms with Crippen LogP contribution < -0.4 is 0 Å². The number of thiophene rings is 1. The van der Waals surface area contributed by atoms with Crippen LogP contribution in [-0.4, -0.2) is 15.0 Å². The van der Waals surface area contributed by atoms with Crippen molar-refractivity contribution in [1.29, 1.82) is 0 Å². The third-order valence-corrected chi connectivity index (χ3v) is 12.3. The summed E-state index contributed by atoms with van der Waals surface area (Å²) in [5.74, 6) is 1.88. The second-order valence-electron chi connectivity index (χ2n) is 14.3. The minimum atomic E-state index is 0.610. The van der Waals surface area contributed by atoms with Gasteiger partial charge in [0.2, 0.25) is 0 Å². The second kappa shape index (κ2) is 12.2. The summed E-state index contributed by atoms with van der Waals surface area (Å²) in [5.41, 5.74) is 6.83. The van der Waals surface area contributed by atoms with Crippen LogP contribution in [-0.2, 0) is 0 Å². The Morgan fingerprint density at radius 2 is 0.857 bits per heavy atom. The number of furan rings is 1. The van der Waals surface area contributed by atoms with E-state index < -0.39 is 0 Å². The third-order valence-electron chi connectivity index (χ3n) is 11.1. The highest BCUT2D eigenvalue weighted by atomic mass is 32.1. The van der Waals surface area contributed by atoms with E-state index in [2.05, 4.69) is 127 Å². The monoisotopic (exact) mass is 731 g/mol. The van der Waals surface area contributed by atoms with Gasteiger partial charge >= 0.3 is 0 Å². The molecule has 0 fully saturated rings. The first-order valence-electron chi connectivity index (χ1n) is 18.8. The van der Waals surface area contributed by atoms with Gasteiger partial charge in [-0.15, -0.1) is 11.3 Å². The Morgan fingerprint density at radius 1 is 0.321 bits per heavy atom. The lowest BCUT2D eigenvalue weighted by Gasteiger charge is -2.12. The zero-order valence-corrected chi connectivity index (χ0v) is 30.7. The number of benzene rings is 9. The van der Waals surface area contributed by atoms with Gasteiger partial charge in [-0.2, -0.15) is 0 Å². The number of rotatable bonds is 4. The van der Waals surface area contributed by atoms with Gasteiger partial charge in [-0.25, -0.2) is 15.0 Å². The van der Waals surface area contributed by atoms with Crippen LogP contribution in [0, 0.1) is 0 Å². The summed E-state index contributed by atoms with van der Waals surface area (Å²) in [6.07, 6.45) is 0. The molecule has 5 heteroatoms. The second-order valence-corrected chi connectivity index (χ2v) is 15.4. The number of hydrogen-bond acceptors (Lipinski definition) is 5. The van der Waals surface area contributed by atoms with Gasteiger partial charge in [0.25, 0.3) is 0 Å². The SMILES string of the molecule is c1ccc(-c2nc(-c3cccc4oc5ccccc5c34)nc(-c3cccc4sc5ccc(-c6ccc7c8ccccc8c8ccccc8c7c6)cc5c34)n2)cc1. The van der Waals surface area contributed by atoms with Crippen molar-refractivity contribution in [2.75, 3.05) is 0 Å². The van der Waals surface area contributed by atoms with Crippen molar-refractivity contribution >= 4 is 85.8 Å². The molecule has 260 valence electrons. The summed E-state index contributed by atoms with van der Waals surface area (Å²) in [7, 11) is 0. The van der Waals surface area contributed by atoms with E-state index >= 15 is 0 Å². The number of fused-ring (bicyclic) bond motifs is 12. The number of hydrogen-bond donors (Lipinski definition) is 0. The summed E-state index contributed by atoms with van der Waals surface area (Å²) in [6, 6.07) is 62.2. The van der Waals surface area contributed by atoms with Crippen molar-refractivity contribution in [2.45, 2.75) is 0 Å². The van der Waals surface area contributed by atoms with Crippen molar-refractivity contribution in [3.8, 4) is 45.3 Å². The highest BCUT2D eigenvalue weighted by Gasteiger charge is 2.20. The molecule has 0 aliphatic carbocycles. The third kappa shape index (κ3) is 4.75. The first-order valence-corrected chi connectivity index (χ1v) is 19.6. The van der Waals surface area contributed by atoms with E-state index in [-0.39, 0.29) is 0 Å². The molecule has 0 radical (unpaired) electrons. The number of aromatic nitrogens is 3. The summed E-state index contributed by atoms with van der Waals surface area (Å²) in [5, 5.41) is 12.0. The van der Waals surface area contributed by atoms with Crippen molar-refractivity contribution in [2.24, 2.45) is 0 Å². The fourth-order valence-electron chi connectivity index (χ4n) is 8.57. The maximum Gasteiger partial charge on any atom is 0.164 e. The highest BCUT2D eigenvalue weighted by Crippen LogP contribution is 2.43. The Bertz CT molecular complexity index is 3510. The zero-order valence-electron chi connectivity index (χ0n) is 29.9. The Balaban J connectivity index is 1.08. The lowest BCUT2D eigenvalue weighted by atomic mass is 9.92. The molecule has 12 aromatic rings. The summed E-state index contributed by atoms with van der Waals surface area (Å²) in [4.78, 5) is 15.6. The van der Waals surface area contributed by atoms with Gasteiger partial charge in [-0.3, -0.25) is 0 Å². The first-order chi connectivity index (χ1) is 27.7. The molecular weight excluding hydrogens is 703 g/mol.